The minimum atomic E-state index is -4.09. The van der Waals surface area contributed by atoms with Crippen LogP contribution in [0.5, 0.6) is 11.5 Å². The summed E-state index contributed by atoms with van der Waals surface area (Å²) < 4.78 is 45.2. The molecule has 0 saturated heterocycles. The average molecular weight is 357 g/mol. The molecule has 0 amide bonds. The van der Waals surface area contributed by atoms with Crippen molar-refractivity contribution in [3.8, 4) is 11.5 Å². The Bertz CT molecular complexity index is 803. The highest BCUT2D eigenvalue weighted by Crippen LogP contribution is 2.37. The van der Waals surface area contributed by atoms with E-state index in [-0.39, 0.29) is 22.4 Å². The molecule has 24 heavy (non-hydrogen) atoms. The Balaban J connectivity index is 2.45. The maximum absolute atomic E-state index is 14.1. The van der Waals surface area contributed by atoms with Crippen LogP contribution < -0.4 is 15.3 Å². The highest BCUT2D eigenvalue weighted by atomic mass is 31.2. The summed E-state index contributed by atoms with van der Waals surface area (Å²) in [5.41, 5.74) is 1.13. The molecule has 0 bridgehead atoms. The van der Waals surface area contributed by atoms with Crippen molar-refractivity contribution in [1.82, 2.24) is 5.25 Å². The molecule has 2 rings (SSSR count). The van der Waals surface area contributed by atoms with E-state index < -0.39 is 19.2 Å². The van der Waals surface area contributed by atoms with Crippen molar-refractivity contribution in [1.29, 1.82) is 0 Å². The molecular weight excluding hydrogens is 339 g/mol. The van der Waals surface area contributed by atoms with Crippen molar-refractivity contribution in [3.05, 3.63) is 52.6 Å². The van der Waals surface area contributed by atoms with Crippen LogP contribution >= 0.6 is 7.52 Å². The number of ether oxygens (including phenoxy) is 1. The first-order valence-corrected chi connectivity index (χ1v) is 8.88. The van der Waals surface area contributed by atoms with Crippen LogP contribution in [0.1, 0.15) is 23.6 Å². The van der Waals surface area contributed by atoms with Gasteiger partial charge in [0.15, 0.2) is 11.6 Å². The average Bonchev–Trinajstić information content (AvgIpc) is 2.54. The molecule has 130 valence electrons. The van der Waals surface area contributed by atoms with Gasteiger partial charge in [0.2, 0.25) is 5.82 Å². The lowest BCUT2D eigenvalue weighted by Crippen LogP contribution is -2.16. The van der Waals surface area contributed by atoms with E-state index in [9.17, 15) is 18.2 Å². The number of hydrogen-bond donors (Lipinski definition) is 3. The van der Waals surface area contributed by atoms with Gasteiger partial charge in [-0.1, -0.05) is 13.0 Å². The van der Waals surface area contributed by atoms with E-state index in [4.69, 9.17) is 9.94 Å². The van der Waals surface area contributed by atoms with Gasteiger partial charge < -0.3 is 14.8 Å². The second-order valence-electron chi connectivity index (χ2n) is 5.39. The van der Waals surface area contributed by atoms with Crippen LogP contribution in [0.2, 0.25) is 0 Å². The summed E-state index contributed by atoms with van der Waals surface area (Å²) in [4.78, 5) is 9.61. The van der Waals surface area contributed by atoms with Gasteiger partial charge in [0, 0.05) is 0 Å². The quantitative estimate of drug-likeness (QED) is 0.561. The first kappa shape index (κ1) is 18.5. The number of nitrogens with one attached hydrogen (secondary N) is 1. The fraction of sp³-hybridized carbons (Fsp3) is 0.250. The van der Waals surface area contributed by atoms with Crippen molar-refractivity contribution in [2.24, 2.45) is 0 Å². The SMILES string of the molecule is CCc1ccc(Oc2c(C)cc(P(=O)(O)NO)cc2C)c(F)c1F. The van der Waals surface area contributed by atoms with Crippen molar-refractivity contribution >= 4 is 12.8 Å². The van der Waals surface area contributed by atoms with Gasteiger partial charge in [-0.2, -0.15) is 4.39 Å². The maximum Gasteiger partial charge on any atom is 0.319 e. The van der Waals surface area contributed by atoms with Crippen LogP contribution in [0.3, 0.4) is 0 Å². The molecule has 0 saturated carbocycles. The lowest BCUT2D eigenvalue weighted by Gasteiger charge is -2.16. The molecule has 1 atom stereocenters. The van der Waals surface area contributed by atoms with Gasteiger partial charge >= 0.3 is 7.52 Å². The Morgan fingerprint density at radius 2 is 1.75 bits per heavy atom. The van der Waals surface area contributed by atoms with E-state index in [0.717, 1.165) is 0 Å². The normalized spacial score (nSPS) is 13.6. The lowest BCUT2D eigenvalue weighted by molar-refractivity contribution is 0.226. The minimum absolute atomic E-state index is 0.0275. The number of halogens is 2. The predicted octanol–water partition coefficient (Wildman–Crippen LogP) is 3.73. The third-order valence-electron chi connectivity index (χ3n) is 3.65. The zero-order valence-corrected chi connectivity index (χ0v) is 14.3. The van der Waals surface area contributed by atoms with Gasteiger partial charge in [0.1, 0.15) is 5.75 Å². The molecular formula is C16H18F2NO4P. The molecule has 2 aromatic rings. The number of rotatable bonds is 5. The van der Waals surface area contributed by atoms with Gasteiger partial charge in [-0.3, -0.25) is 4.57 Å². The molecule has 0 aliphatic heterocycles. The number of aryl methyl sites for hydroxylation is 3. The standard InChI is InChI=1S/C16H18F2NO4P/c1-4-11-5-6-13(15(18)14(11)17)23-16-9(2)7-12(8-10(16)3)24(21,22)19-20/h5-8,20H,4H2,1-3H3,(H2,19,21,22). The third kappa shape index (κ3) is 3.49. The summed E-state index contributed by atoms with van der Waals surface area (Å²) in [5, 5.41) is 10.1. The van der Waals surface area contributed by atoms with Gasteiger partial charge in [-0.15, -0.1) is 5.25 Å². The van der Waals surface area contributed by atoms with E-state index in [2.05, 4.69) is 0 Å². The van der Waals surface area contributed by atoms with Gasteiger partial charge in [-0.25, -0.2) is 4.39 Å². The maximum atomic E-state index is 14.1. The molecule has 0 radical (unpaired) electrons. The summed E-state index contributed by atoms with van der Waals surface area (Å²) in [6, 6.07) is 5.46. The van der Waals surface area contributed by atoms with E-state index >= 15 is 0 Å². The largest absolute Gasteiger partial charge is 0.454 e. The topological polar surface area (TPSA) is 78.8 Å². The smallest absolute Gasteiger partial charge is 0.319 e. The third-order valence-corrected chi connectivity index (χ3v) is 4.88. The van der Waals surface area contributed by atoms with Crippen LogP contribution in [0, 0.1) is 25.5 Å². The Hall–Kier alpha value is -1.79. The molecule has 0 heterocycles. The Morgan fingerprint density at radius 1 is 1.17 bits per heavy atom. The van der Waals surface area contributed by atoms with Gasteiger partial charge in [-0.05, 0) is 55.2 Å². The zero-order valence-electron chi connectivity index (χ0n) is 13.4. The van der Waals surface area contributed by atoms with Crippen molar-refractivity contribution < 1.29 is 28.2 Å². The Morgan fingerprint density at radius 3 is 2.25 bits per heavy atom. The molecule has 2 aromatic carbocycles. The van der Waals surface area contributed by atoms with Crippen LogP contribution in [0.4, 0.5) is 8.78 Å². The van der Waals surface area contributed by atoms with Crippen molar-refractivity contribution in [3.63, 3.8) is 0 Å². The summed E-state index contributed by atoms with van der Waals surface area (Å²) in [6.07, 6.45) is 0.357. The first-order valence-electron chi connectivity index (χ1n) is 7.22. The monoisotopic (exact) mass is 357 g/mol. The molecule has 1 unspecified atom stereocenters. The van der Waals surface area contributed by atoms with E-state index in [0.29, 0.717) is 17.5 Å². The van der Waals surface area contributed by atoms with E-state index in [1.165, 1.54) is 29.5 Å². The van der Waals surface area contributed by atoms with Crippen LogP contribution in [-0.4, -0.2) is 10.1 Å². The fourth-order valence-electron chi connectivity index (χ4n) is 2.35. The van der Waals surface area contributed by atoms with Crippen LogP contribution in [0.25, 0.3) is 0 Å². The highest BCUT2D eigenvalue weighted by molar-refractivity contribution is 7.63. The number of benzene rings is 2. The molecule has 0 spiro atoms. The molecule has 8 heteroatoms. The molecule has 0 aliphatic rings. The number of hydrogen-bond acceptors (Lipinski definition) is 3. The van der Waals surface area contributed by atoms with Gasteiger partial charge in [0.25, 0.3) is 0 Å². The Kier molecular flexibility index (Phi) is 5.40. The van der Waals surface area contributed by atoms with Crippen molar-refractivity contribution in [2.45, 2.75) is 27.2 Å². The lowest BCUT2D eigenvalue weighted by atomic mass is 10.1. The zero-order chi connectivity index (χ0) is 18.1. The molecule has 3 N–H and O–H groups in total. The van der Waals surface area contributed by atoms with E-state index in [1.807, 2.05) is 0 Å². The van der Waals surface area contributed by atoms with E-state index in [1.54, 1.807) is 20.8 Å². The van der Waals surface area contributed by atoms with Crippen molar-refractivity contribution in [2.75, 3.05) is 0 Å². The second-order valence-corrected chi connectivity index (χ2v) is 7.26. The van der Waals surface area contributed by atoms with Crippen LogP contribution in [0.15, 0.2) is 24.3 Å². The Labute approximate surface area is 138 Å². The summed E-state index contributed by atoms with van der Waals surface area (Å²) in [6.45, 7) is 4.91. The first-order chi connectivity index (χ1) is 11.2. The highest BCUT2D eigenvalue weighted by Gasteiger charge is 2.23. The van der Waals surface area contributed by atoms with Gasteiger partial charge in [0.05, 0.1) is 5.30 Å². The molecule has 0 aromatic heterocycles. The second kappa shape index (κ2) is 6.99. The minimum Gasteiger partial charge on any atom is -0.454 e. The predicted molar refractivity (Wildman–Crippen MR) is 86.1 cm³/mol. The summed E-state index contributed by atoms with van der Waals surface area (Å²) >= 11 is 0. The summed E-state index contributed by atoms with van der Waals surface area (Å²) in [5.74, 6) is -2.05. The molecule has 0 fully saturated rings. The molecule has 5 nitrogen and oxygen atoms in total. The summed E-state index contributed by atoms with van der Waals surface area (Å²) in [7, 11) is -4.09. The van der Waals surface area contributed by atoms with Crippen LogP contribution in [-0.2, 0) is 11.0 Å². The molecule has 0 aliphatic carbocycles. The fourth-order valence-corrected chi connectivity index (χ4v) is 3.21.